The van der Waals surface area contributed by atoms with Gasteiger partial charge in [0.25, 0.3) is 0 Å². The van der Waals surface area contributed by atoms with Crippen LogP contribution in [0.5, 0.6) is 0 Å². The SMILES string of the molecule is CCOC(=O)c1ccc(NC(=O)CNCc2ccccc2)cc1. The summed E-state index contributed by atoms with van der Waals surface area (Å²) in [7, 11) is 0. The van der Waals surface area contributed by atoms with Crippen LogP contribution in [0.4, 0.5) is 5.69 Å². The molecule has 0 saturated carbocycles. The minimum absolute atomic E-state index is 0.134. The smallest absolute Gasteiger partial charge is 0.338 e. The van der Waals surface area contributed by atoms with E-state index in [9.17, 15) is 9.59 Å². The van der Waals surface area contributed by atoms with Gasteiger partial charge in [-0.1, -0.05) is 30.3 Å². The van der Waals surface area contributed by atoms with Crippen molar-refractivity contribution in [1.82, 2.24) is 5.32 Å². The van der Waals surface area contributed by atoms with E-state index in [1.165, 1.54) is 0 Å². The van der Waals surface area contributed by atoms with Crippen LogP contribution >= 0.6 is 0 Å². The van der Waals surface area contributed by atoms with Crippen molar-refractivity contribution in [2.45, 2.75) is 13.5 Å². The quantitative estimate of drug-likeness (QED) is 0.771. The second-order valence-electron chi connectivity index (χ2n) is 4.94. The van der Waals surface area contributed by atoms with Gasteiger partial charge in [0.05, 0.1) is 18.7 Å². The second-order valence-corrected chi connectivity index (χ2v) is 4.94. The van der Waals surface area contributed by atoms with Crippen LogP contribution in [0, 0.1) is 0 Å². The lowest BCUT2D eigenvalue weighted by molar-refractivity contribution is -0.115. The summed E-state index contributed by atoms with van der Waals surface area (Å²) >= 11 is 0. The van der Waals surface area contributed by atoms with Gasteiger partial charge in [-0.2, -0.15) is 0 Å². The molecule has 0 radical (unpaired) electrons. The summed E-state index contributed by atoms with van der Waals surface area (Å²) in [5.41, 5.74) is 2.23. The highest BCUT2D eigenvalue weighted by molar-refractivity contribution is 5.93. The Morgan fingerprint density at radius 3 is 2.35 bits per heavy atom. The van der Waals surface area contributed by atoms with E-state index >= 15 is 0 Å². The molecule has 0 aliphatic rings. The number of carbonyl (C=O) groups excluding carboxylic acids is 2. The molecule has 5 heteroatoms. The number of anilines is 1. The number of rotatable bonds is 7. The minimum atomic E-state index is -0.366. The van der Waals surface area contributed by atoms with Crippen LogP contribution in [0.25, 0.3) is 0 Å². The number of amides is 1. The molecule has 0 aliphatic heterocycles. The molecule has 2 rings (SSSR count). The van der Waals surface area contributed by atoms with Crippen LogP contribution in [0.2, 0.25) is 0 Å². The Morgan fingerprint density at radius 2 is 1.70 bits per heavy atom. The standard InChI is InChI=1S/C18H20N2O3/c1-2-23-18(22)15-8-10-16(11-9-15)20-17(21)13-19-12-14-6-4-3-5-7-14/h3-11,19H,2,12-13H2,1H3,(H,20,21). The van der Waals surface area contributed by atoms with Crippen LogP contribution in [-0.4, -0.2) is 25.0 Å². The molecule has 2 aromatic rings. The number of hydrogen-bond donors (Lipinski definition) is 2. The van der Waals surface area contributed by atoms with Crippen LogP contribution in [-0.2, 0) is 16.1 Å². The Kier molecular flexibility index (Phi) is 6.32. The van der Waals surface area contributed by atoms with E-state index in [1.807, 2.05) is 30.3 Å². The van der Waals surface area contributed by atoms with Gasteiger partial charge in [0.15, 0.2) is 0 Å². The molecule has 0 fully saturated rings. The van der Waals surface area contributed by atoms with Crippen molar-refractivity contribution >= 4 is 17.6 Å². The molecule has 0 saturated heterocycles. The summed E-state index contributed by atoms with van der Waals surface area (Å²) in [6, 6.07) is 16.5. The summed E-state index contributed by atoms with van der Waals surface area (Å²) in [6.07, 6.45) is 0. The van der Waals surface area contributed by atoms with Crippen molar-refractivity contribution in [1.29, 1.82) is 0 Å². The zero-order chi connectivity index (χ0) is 16.5. The molecule has 0 aromatic heterocycles. The van der Waals surface area contributed by atoms with Crippen LogP contribution in [0.1, 0.15) is 22.8 Å². The van der Waals surface area contributed by atoms with E-state index in [0.717, 1.165) is 5.56 Å². The highest BCUT2D eigenvalue weighted by Gasteiger charge is 2.07. The summed E-state index contributed by atoms with van der Waals surface area (Å²) in [6.45, 7) is 2.95. The highest BCUT2D eigenvalue weighted by atomic mass is 16.5. The Hall–Kier alpha value is -2.66. The lowest BCUT2D eigenvalue weighted by Gasteiger charge is -2.08. The largest absolute Gasteiger partial charge is 0.462 e. The summed E-state index contributed by atoms with van der Waals surface area (Å²) in [5.74, 6) is -0.500. The van der Waals surface area contributed by atoms with E-state index in [1.54, 1.807) is 31.2 Å². The minimum Gasteiger partial charge on any atom is -0.462 e. The van der Waals surface area contributed by atoms with Gasteiger partial charge in [-0.15, -0.1) is 0 Å². The van der Waals surface area contributed by atoms with E-state index in [4.69, 9.17) is 4.74 Å². The molecule has 2 aromatic carbocycles. The van der Waals surface area contributed by atoms with Gasteiger partial charge in [-0.3, -0.25) is 4.79 Å². The molecule has 0 bridgehead atoms. The van der Waals surface area contributed by atoms with E-state index < -0.39 is 0 Å². The number of nitrogens with one attached hydrogen (secondary N) is 2. The van der Waals surface area contributed by atoms with Gasteiger partial charge >= 0.3 is 5.97 Å². The predicted octanol–water partition coefficient (Wildman–Crippen LogP) is 2.59. The maximum Gasteiger partial charge on any atom is 0.338 e. The van der Waals surface area contributed by atoms with Crippen LogP contribution in [0.3, 0.4) is 0 Å². The normalized spacial score (nSPS) is 10.1. The molecule has 120 valence electrons. The molecule has 0 aliphatic carbocycles. The molecule has 0 unspecified atom stereocenters. The first-order valence-electron chi connectivity index (χ1n) is 7.50. The van der Waals surface area contributed by atoms with Crippen molar-refractivity contribution in [2.75, 3.05) is 18.5 Å². The van der Waals surface area contributed by atoms with Gasteiger partial charge in [-0.25, -0.2) is 4.79 Å². The summed E-state index contributed by atoms with van der Waals surface area (Å²) < 4.78 is 4.91. The third kappa shape index (κ3) is 5.56. The molecule has 0 atom stereocenters. The average Bonchev–Trinajstić information content (AvgIpc) is 2.57. The Balaban J connectivity index is 1.77. The third-order valence-electron chi connectivity index (χ3n) is 3.14. The highest BCUT2D eigenvalue weighted by Crippen LogP contribution is 2.10. The third-order valence-corrected chi connectivity index (χ3v) is 3.14. The molecule has 0 spiro atoms. The number of ether oxygens (including phenoxy) is 1. The Labute approximate surface area is 135 Å². The van der Waals surface area contributed by atoms with Crippen molar-refractivity contribution in [2.24, 2.45) is 0 Å². The maximum atomic E-state index is 11.9. The van der Waals surface area contributed by atoms with E-state index in [-0.39, 0.29) is 18.4 Å². The topological polar surface area (TPSA) is 67.4 Å². The lowest BCUT2D eigenvalue weighted by Crippen LogP contribution is -2.27. The average molecular weight is 312 g/mol. The van der Waals surface area contributed by atoms with E-state index in [0.29, 0.717) is 24.4 Å². The monoisotopic (exact) mass is 312 g/mol. The Bertz CT molecular complexity index is 639. The Morgan fingerprint density at radius 1 is 1.00 bits per heavy atom. The zero-order valence-corrected chi connectivity index (χ0v) is 13.0. The van der Waals surface area contributed by atoms with Crippen molar-refractivity contribution in [3.63, 3.8) is 0 Å². The fraction of sp³-hybridized carbons (Fsp3) is 0.222. The predicted molar refractivity (Wildman–Crippen MR) is 89.2 cm³/mol. The van der Waals surface area contributed by atoms with Crippen LogP contribution in [0.15, 0.2) is 54.6 Å². The summed E-state index contributed by atoms with van der Waals surface area (Å²) in [5, 5.41) is 5.85. The fourth-order valence-electron chi connectivity index (χ4n) is 2.03. The number of hydrogen-bond acceptors (Lipinski definition) is 4. The first-order valence-corrected chi connectivity index (χ1v) is 7.50. The molecule has 5 nitrogen and oxygen atoms in total. The van der Waals surface area contributed by atoms with Gasteiger partial charge in [-0.05, 0) is 36.8 Å². The molecule has 2 N–H and O–H groups in total. The van der Waals surface area contributed by atoms with Gasteiger partial charge in [0.1, 0.15) is 0 Å². The fourth-order valence-corrected chi connectivity index (χ4v) is 2.03. The molecular formula is C18H20N2O3. The summed E-state index contributed by atoms with van der Waals surface area (Å²) in [4.78, 5) is 23.4. The molecule has 0 heterocycles. The van der Waals surface area contributed by atoms with Gasteiger partial charge in [0, 0.05) is 12.2 Å². The molecule has 23 heavy (non-hydrogen) atoms. The number of carbonyl (C=O) groups is 2. The lowest BCUT2D eigenvalue weighted by atomic mass is 10.2. The van der Waals surface area contributed by atoms with Gasteiger partial charge < -0.3 is 15.4 Å². The second kappa shape index (κ2) is 8.70. The van der Waals surface area contributed by atoms with E-state index in [2.05, 4.69) is 10.6 Å². The molecule has 1 amide bonds. The van der Waals surface area contributed by atoms with Crippen LogP contribution < -0.4 is 10.6 Å². The van der Waals surface area contributed by atoms with Crippen molar-refractivity contribution in [3.05, 3.63) is 65.7 Å². The molecular weight excluding hydrogens is 292 g/mol. The first-order chi connectivity index (χ1) is 11.2. The number of esters is 1. The number of benzene rings is 2. The zero-order valence-electron chi connectivity index (χ0n) is 13.0. The first kappa shape index (κ1) is 16.7. The van der Waals surface area contributed by atoms with Crippen molar-refractivity contribution in [3.8, 4) is 0 Å². The van der Waals surface area contributed by atoms with Gasteiger partial charge in [0.2, 0.25) is 5.91 Å². The van der Waals surface area contributed by atoms with Crippen molar-refractivity contribution < 1.29 is 14.3 Å². The maximum absolute atomic E-state index is 11.9.